The van der Waals surface area contributed by atoms with Crippen LogP contribution in [-0.2, 0) is 0 Å². The number of rotatable bonds is 6. The highest BCUT2D eigenvalue weighted by Gasteiger charge is 2.07. The molecule has 0 aliphatic carbocycles. The van der Waals surface area contributed by atoms with E-state index in [-0.39, 0.29) is 11.6 Å². The maximum atomic E-state index is 13.4. The van der Waals surface area contributed by atoms with Crippen LogP contribution in [0.25, 0.3) is 0 Å². The lowest BCUT2D eigenvalue weighted by Crippen LogP contribution is -2.17. The third-order valence-corrected chi connectivity index (χ3v) is 2.65. The second-order valence-electron chi connectivity index (χ2n) is 3.89. The second kappa shape index (κ2) is 6.36. The van der Waals surface area contributed by atoms with Crippen LogP contribution in [0.4, 0.5) is 10.1 Å². The van der Waals surface area contributed by atoms with Gasteiger partial charge in [0.05, 0.1) is 7.11 Å². The summed E-state index contributed by atoms with van der Waals surface area (Å²) < 4.78 is 18.3. The van der Waals surface area contributed by atoms with Crippen LogP contribution < -0.4 is 10.1 Å². The van der Waals surface area contributed by atoms with Gasteiger partial charge in [0.1, 0.15) is 0 Å². The molecule has 0 saturated heterocycles. The van der Waals surface area contributed by atoms with E-state index in [0.717, 1.165) is 24.9 Å². The van der Waals surface area contributed by atoms with Gasteiger partial charge in [-0.15, -0.1) is 0 Å². The lowest BCUT2D eigenvalue weighted by atomic mass is 10.1. The summed E-state index contributed by atoms with van der Waals surface area (Å²) in [4.78, 5) is 0. The van der Waals surface area contributed by atoms with Gasteiger partial charge in [0, 0.05) is 17.8 Å². The quantitative estimate of drug-likeness (QED) is 0.794. The van der Waals surface area contributed by atoms with Crippen LogP contribution in [0.5, 0.6) is 5.75 Å². The molecular weight excluding hydrogens is 205 g/mol. The van der Waals surface area contributed by atoms with Crippen LogP contribution in [0, 0.1) is 5.82 Å². The zero-order valence-electron chi connectivity index (χ0n) is 10.2. The minimum Gasteiger partial charge on any atom is -0.494 e. The van der Waals surface area contributed by atoms with E-state index in [1.165, 1.54) is 13.2 Å². The third-order valence-electron chi connectivity index (χ3n) is 2.65. The molecule has 3 heteroatoms. The fraction of sp³-hybridized carbons (Fsp3) is 0.538. The van der Waals surface area contributed by atoms with Gasteiger partial charge in [0.2, 0.25) is 0 Å². The normalized spacial score (nSPS) is 12.2. The summed E-state index contributed by atoms with van der Waals surface area (Å²) in [5.74, 6) is -0.0343. The van der Waals surface area contributed by atoms with Crippen LogP contribution in [0.1, 0.15) is 33.1 Å². The summed E-state index contributed by atoms with van der Waals surface area (Å²) in [6.07, 6.45) is 3.27. The van der Waals surface area contributed by atoms with Crippen LogP contribution >= 0.6 is 0 Å². The lowest BCUT2D eigenvalue weighted by Gasteiger charge is -2.17. The number of anilines is 1. The summed E-state index contributed by atoms with van der Waals surface area (Å²) in [6, 6.07) is 5.39. The van der Waals surface area contributed by atoms with E-state index < -0.39 is 0 Å². The van der Waals surface area contributed by atoms with Crippen LogP contribution in [0.2, 0.25) is 0 Å². The number of ether oxygens (including phenoxy) is 1. The Morgan fingerprint density at radius 2 is 2.12 bits per heavy atom. The van der Waals surface area contributed by atoms with Crippen molar-refractivity contribution >= 4 is 5.69 Å². The Morgan fingerprint density at radius 3 is 2.62 bits per heavy atom. The largest absolute Gasteiger partial charge is 0.494 e. The minimum absolute atomic E-state index is 0.286. The molecule has 1 unspecified atom stereocenters. The van der Waals surface area contributed by atoms with Crippen LogP contribution in [0.3, 0.4) is 0 Å². The Hall–Kier alpha value is -1.25. The first-order valence-corrected chi connectivity index (χ1v) is 5.81. The molecule has 0 fully saturated rings. The molecule has 1 atom stereocenters. The monoisotopic (exact) mass is 225 g/mol. The predicted octanol–water partition coefficient (Wildman–Crippen LogP) is 3.82. The van der Waals surface area contributed by atoms with Crippen molar-refractivity contribution in [3.8, 4) is 5.75 Å². The van der Waals surface area contributed by atoms with E-state index >= 15 is 0 Å². The Morgan fingerprint density at radius 1 is 1.38 bits per heavy atom. The summed E-state index contributed by atoms with van der Waals surface area (Å²) >= 11 is 0. The van der Waals surface area contributed by atoms with Crippen LogP contribution in [0.15, 0.2) is 18.2 Å². The SMILES string of the molecule is CCCC(CC)Nc1ccc(OC)c(F)c1. The Kier molecular flexibility index (Phi) is 5.09. The summed E-state index contributed by atoms with van der Waals surface area (Å²) in [5, 5.41) is 3.33. The molecule has 0 bridgehead atoms. The van der Waals surface area contributed by atoms with Crippen molar-refractivity contribution in [3.05, 3.63) is 24.0 Å². The van der Waals surface area contributed by atoms with Crippen molar-refractivity contribution in [1.82, 2.24) is 0 Å². The molecule has 1 N–H and O–H groups in total. The molecule has 0 aliphatic heterocycles. The molecule has 0 aromatic heterocycles. The molecule has 0 amide bonds. The first-order chi connectivity index (χ1) is 7.71. The molecular formula is C13H20FNO. The van der Waals surface area contributed by atoms with E-state index in [9.17, 15) is 4.39 Å². The molecule has 90 valence electrons. The molecule has 16 heavy (non-hydrogen) atoms. The fourth-order valence-electron chi connectivity index (χ4n) is 1.72. The number of benzene rings is 1. The molecule has 0 radical (unpaired) electrons. The third kappa shape index (κ3) is 3.40. The Labute approximate surface area is 96.8 Å². The van der Waals surface area contributed by atoms with Crippen molar-refractivity contribution in [1.29, 1.82) is 0 Å². The van der Waals surface area contributed by atoms with Gasteiger partial charge < -0.3 is 10.1 Å². The van der Waals surface area contributed by atoms with Gasteiger partial charge in [-0.1, -0.05) is 20.3 Å². The Balaban J connectivity index is 2.69. The van der Waals surface area contributed by atoms with Gasteiger partial charge in [-0.05, 0) is 25.0 Å². The number of methoxy groups -OCH3 is 1. The van der Waals surface area contributed by atoms with Gasteiger partial charge in [-0.25, -0.2) is 4.39 Å². The maximum Gasteiger partial charge on any atom is 0.167 e. The predicted molar refractivity (Wildman–Crippen MR) is 65.6 cm³/mol. The van der Waals surface area contributed by atoms with E-state index in [4.69, 9.17) is 4.74 Å². The lowest BCUT2D eigenvalue weighted by molar-refractivity contribution is 0.386. The molecule has 0 saturated carbocycles. The van der Waals surface area contributed by atoms with Crippen LogP contribution in [-0.4, -0.2) is 13.2 Å². The summed E-state index contributed by atoms with van der Waals surface area (Å²) in [5.41, 5.74) is 0.818. The zero-order chi connectivity index (χ0) is 12.0. The molecule has 1 rings (SSSR count). The number of halogens is 1. The first kappa shape index (κ1) is 12.8. The molecule has 1 aromatic carbocycles. The van der Waals surface area contributed by atoms with E-state index in [2.05, 4.69) is 19.2 Å². The molecule has 0 heterocycles. The first-order valence-electron chi connectivity index (χ1n) is 5.81. The van der Waals surface area contributed by atoms with Crippen molar-refractivity contribution in [2.45, 2.75) is 39.2 Å². The average Bonchev–Trinajstić information content (AvgIpc) is 2.28. The van der Waals surface area contributed by atoms with Crippen molar-refractivity contribution < 1.29 is 9.13 Å². The number of nitrogens with one attached hydrogen (secondary N) is 1. The molecule has 2 nitrogen and oxygen atoms in total. The van der Waals surface area contributed by atoms with Crippen molar-refractivity contribution in [3.63, 3.8) is 0 Å². The van der Waals surface area contributed by atoms with Crippen molar-refractivity contribution in [2.24, 2.45) is 0 Å². The molecule has 0 spiro atoms. The van der Waals surface area contributed by atoms with E-state index in [0.29, 0.717) is 6.04 Å². The van der Waals surface area contributed by atoms with Gasteiger partial charge in [0.15, 0.2) is 11.6 Å². The molecule has 0 aliphatic rings. The van der Waals surface area contributed by atoms with Gasteiger partial charge in [-0.2, -0.15) is 0 Å². The number of hydrogen-bond donors (Lipinski definition) is 1. The Bertz CT molecular complexity index is 328. The smallest absolute Gasteiger partial charge is 0.167 e. The number of hydrogen-bond acceptors (Lipinski definition) is 2. The summed E-state index contributed by atoms with van der Waals surface area (Å²) in [7, 11) is 1.47. The van der Waals surface area contributed by atoms with E-state index in [1.807, 2.05) is 6.07 Å². The average molecular weight is 225 g/mol. The second-order valence-corrected chi connectivity index (χ2v) is 3.89. The molecule has 1 aromatic rings. The standard InChI is InChI=1S/C13H20FNO/c1-4-6-10(5-2)15-11-7-8-13(16-3)12(14)9-11/h7-10,15H,4-6H2,1-3H3. The van der Waals surface area contributed by atoms with Gasteiger partial charge in [-0.3, -0.25) is 0 Å². The fourth-order valence-corrected chi connectivity index (χ4v) is 1.72. The van der Waals surface area contributed by atoms with Gasteiger partial charge >= 0.3 is 0 Å². The highest BCUT2D eigenvalue weighted by Crippen LogP contribution is 2.22. The highest BCUT2D eigenvalue weighted by molar-refractivity contribution is 5.47. The van der Waals surface area contributed by atoms with E-state index in [1.54, 1.807) is 6.07 Å². The van der Waals surface area contributed by atoms with Crippen molar-refractivity contribution in [2.75, 3.05) is 12.4 Å². The van der Waals surface area contributed by atoms with Gasteiger partial charge in [0.25, 0.3) is 0 Å². The zero-order valence-corrected chi connectivity index (χ0v) is 10.2. The maximum absolute atomic E-state index is 13.4. The topological polar surface area (TPSA) is 21.3 Å². The highest BCUT2D eigenvalue weighted by atomic mass is 19.1. The minimum atomic E-state index is -0.321. The summed E-state index contributed by atoms with van der Waals surface area (Å²) in [6.45, 7) is 4.28.